The van der Waals surface area contributed by atoms with Crippen LogP contribution in [-0.4, -0.2) is 20.7 Å². The summed E-state index contributed by atoms with van der Waals surface area (Å²) in [6.07, 6.45) is -2.80. The van der Waals surface area contributed by atoms with Crippen molar-refractivity contribution in [1.29, 1.82) is 0 Å². The van der Waals surface area contributed by atoms with Crippen LogP contribution in [0.25, 0.3) is 0 Å². The zero-order valence-electron chi connectivity index (χ0n) is 13.0. The van der Waals surface area contributed by atoms with E-state index in [9.17, 15) is 18.0 Å². The molecule has 2 rings (SSSR count). The summed E-state index contributed by atoms with van der Waals surface area (Å²) >= 11 is 5.09. The summed E-state index contributed by atoms with van der Waals surface area (Å²) < 4.78 is 39.5. The Bertz CT molecular complexity index is 749. The smallest absolute Gasteiger partial charge is 0.350 e. The quantitative estimate of drug-likeness (QED) is 0.780. The molecule has 0 aliphatic carbocycles. The molecular formula is C15H17F3N4OS. The first-order chi connectivity index (χ1) is 11.3. The van der Waals surface area contributed by atoms with Crippen molar-refractivity contribution in [2.24, 2.45) is 0 Å². The number of carbonyl (C=O) groups is 1. The molecule has 0 aliphatic heterocycles. The lowest BCUT2D eigenvalue weighted by Gasteiger charge is -2.09. The summed E-state index contributed by atoms with van der Waals surface area (Å²) in [5, 5.41) is 9.38. The van der Waals surface area contributed by atoms with Gasteiger partial charge in [-0.1, -0.05) is 19.1 Å². The number of rotatable bonds is 6. The van der Waals surface area contributed by atoms with Crippen LogP contribution in [0.3, 0.4) is 0 Å². The Balaban J connectivity index is 1.94. The number of aromatic nitrogens is 3. The number of hydrogen-bond acceptors (Lipinski definition) is 3. The number of alkyl halides is 3. The lowest BCUT2D eigenvalue weighted by atomic mass is 10.1. The summed E-state index contributed by atoms with van der Waals surface area (Å²) in [5.74, 6) is 0.414. The number of nitrogens with zero attached hydrogens (tertiary/aromatic N) is 2. The van der Waals surface area contributed by atoms with E-state index in [1.54, 1.807) is 4.57 Å². The zero-order valence-corrected chi connectivity index (χ0v) is 13.8. The van der Waals surface area contributed by atoms with Gasteiger partial charge in [-0.3, -0.25) is 14.5 Å². The van der Waals surface area contributed by atoms with Crippen LogP contribution in [0.4, 0.5) is 13.2 Å². The van der Waals surface area contributed by atoms with Crippen molar-refractivity contribution in [3.05, 3.63) is 46.0 Å². The van der Waals surface area contributed by atoms with Crippen molar-refractivity contribution < 1.29 is 18.0 Å². The minimum atomic E-state index is -4.37. The largest absolute Gasteiger partial charge is 0.416 e. The molecule has 5 nitrogen and oxygen atoms in total. The Morgan fingerprint density at radius 3 is 2.58 bits per heavy atom. The molecular weight excluding hydrogens is 341 g/mol. The monoisotopic (exact) mass is 358 g/mol. The van der Waals surface area contributed by atoms with Crippen LogP contribution in [0.5, 0.6) is 0 Å². The van der Waals surface area contributed by atoms with Gasteiger partial charge in [-0.2, -0.15) is 18.3 Å². The Morgan fingerprint density at radius 2 is 2.00 bits per heavy atom. The first kappa shape index (κ1) is 18.2. The number of hydrogen-bond donors (Lipinski definition) is 2. The summed E-state index contributed by atoms with van der Waals surface area (Å²) in [5.41, 5.74) is -0.132. The number of aryl methyl sites for hydroxylation is 1. The summed E-state index contributed by atoms with van der Waals surface area (Å²) in [7, 11) is 0. The highest BCUT2D eigenvalue weighted by Crippen LogP contribution is 2.29. The van der Waals surface area contributed by atoms with Gasteiger partial charge in [-0.05, 0) is 36.3 Å². The Morgan fingerprint density at radius 1 is 1.33 bits per heavy atom. The van der Waals surface area contributed by atoms with Crippen LogP contribution in [0.15, 0.2) is 24.3 Å². The van der Waals surface area contributed by atoms with E-state index in [2.05, 4.69) is 15.5 Å². The molecule has 1 heterocycles. The van der Waals surface area contributed by atoms with Gasteiger partial charge >= 0.3 is 6.18 Å². The average Bonchev–Trinajstić information content (AvgIpc) is 2.86. The molecule has 0 radical (unpaired) electrons. The predicted molar refractivity (Wildman–Crippen MR) is 84.7 cm³/mol. The molecule has 24 heavy (non-hydrogen) atoms. The van der Waals surface area contributed by atoms with E-state index < -0.39 is 11.7 Å². The van der Waals surface area contributed by atoms with Crippen LogP contribution >= 0.6 is 12.2 Å². The van der Waals surface area contributed by atoms with Crippen molar-refractivity contribution in [2.75, 3.05) is 0 Å². The lowest BCUT2D eigenvalue weighted by molar-refractivity contribution is -0.137. The lowest BCUT2D eigenvalue weighted by Crippen LogP contribution is -2.28. The summed E-state index contributed by atoms with van der Waals surface area (Å²) in [6.45, 7) is 2.16. The highest BCUT2D eigenvalue weighted by atomic mass is 32.1. The van der Waals surface area contributed by atoms with Crippen LogP contribution < -0.4 is 5.32 Å². The molecule has 9 heteroatoms. The minimum Gasteiger partial charge on any atom is -0.350 e. The molecule has 0 aliphatic rings. The molecule has 0 unspecified atom stereocenters. The fraction of sp³-hybridized carbons (Fsp3) is 0.400. The highest BCUT2D eigenvalue weighted by molar-refractivity contribution is 7.71. The van der Waals surface area contributed by atoms with Crippen molar-refractivity contribution in [2.45, 2.75) is 39.0 Å². The third-order valence-corrected chi connectivity index (χ3v) is 3.70. The maximum absolute atomic E-state index is 12.5. The van der Waals surface area contributed by atoms with Gasteiger partial charge in [0.1, 0.15) is 12.4 Å². The Labute approximate surface area is 141 Å². The van der Waals surface area contributed by atoms with E-state index in [-0.39, 0.29) is 19.0 Å². The van der Waals surface area contributed by atoms with Gasteiger partial charge in [0.2, 0.25) is 5.91 Å². The van der Waals surface area contributed by atoms with E-state index >= 15 is 0 Å². The number of aromatic amines is 1. The predicted octanol–water partition coefficient (Wildman–Crippen LogP) is 3.23. The number of nitrogens with one attached hydrogen (secondary N) is 2. The molecule has 0 atom stereocenters. The maximum atomic E-state index is 12.5. The van der Waals surface area contributed by atoms with E-state index in [0.717, 1.165) is 18.6 Å². The van der Waals surface area contributed by atoms with E-state index in [1.807, 2.05) is 6.92 Å². The average molecular weight is 358 g/mol. The molecule has 0 saturated carbocycles. The van der Waals surface area contributed by atoms with E-state index in [4.69, 9.17) is 12.2 Å². The van der Waals surface area contributed by atoms with Crippen molar-refractivity contribution in [3.63, 3.8) is 0 Å². The molecule has 1 aromatic carbocycles. The third-order valence-electron chi connectivity index (χ3n) is 3.38. The van der Waals surface area contributed by atoms with Crippen LogP contribution in [0, 0.1) is 4.77 Å². The van der Waals surface area contributed by atoms with Gasteiger partial charge in [0, 0.05) is 13.0 Å². The maximum Gasteiger partial charge on any atom is 0.416 e. The third kappa shape index (κ3) is 4.67. The number of benzene rings is 1. The fourth-order valence-electron chi connectivity index (χ4n) is 2.14. The molecule has 2 aromatic rings. The van der Waals surface area contributed by atoms with E-state index in [0.29, 0.717) is 22.6 Å². The van der Waals surface area contributed by atoms with Gasteiger partial charge in [0.15, 0.2) is 4.77 Å². The van der Waals surface area contributed by atoms with Gasteiger partial charge in [0.25, 0.3) is 0 Å². The van der Waals surface area contributed by atoms with Crippen molar-refractivity contribution in [3.8, 4) is 0 Å². The number of halogens is 3. The van der Waals surface area contributed by atoms with Gasteiger partial charge in [-0.25, -0.2) is 0 Å². The summed E-state index contributed by atoms with van der Waals surface area (Å²) in [4.78, 5) is 12.0. The van der Waals surface area contributed by atoms with Crippen molar-refractivity contribution in [1.82, 2.24) is 20.1 Å². The molecule has 0 fully saturated rings. The molecule has 130 valence electrons. The second-order valence-corrected chi connectivity index (χ2v) is 5.64. The van der Waals surface area contributed by atoms with Gasteiger partial charge in [-0.15, -0.1) is 0 Å². The van der Waals surface area contributed by atoms with Crippen molar-refractivity contribution >= 4 is 18.1 Å². The molecule has 0 spiro atoms. The van der Waals surface area contributed by atoms with Crippen LogP contribution in [0.2, 0.25) is 0 Å². The highest BCUT2D eigenvalue weighted by Gasteiger charge is 2.29. The number of carbonyl (C=O) groups excluding carboxylic acids is 1. The number of H-pyrrole nitrogens is 1. The van der Waals surface area contributed by atoms with Gasteiger partial charge < -0.3 is 5.32 Å². The zero-order chi connectivity index (χ0) is 17.7. The first-order valence-corrected chi connectivity index (χ1v) is 7.79. The first-order valence-electron chi connectivity index (χ1n) is 7.38. The topological polar surface area (TPSA) is 62.7 Å². The molecule has 0 saturated heterocycles. The normalized spacial score (nSPS) is 11.5. The SMILES string of the molecule is CCCc1n[nH]c(=S)n1CC(=O)NCc1ccc(C(F)(F)F)cc1. The standard InChI is InChI=1S/C15H17F3N4OS/c1-2-3-12-20-21-14(24)22(12)9-13(23)19-8-10-4-6-11(7-5-10)15(16,17)18/h4-7H,2-3,8-9H2,1H3,(H,19,23)(H,21,24). The van der Waals surface area contributed by atoms with Crippen LogP contribution in [0.1, 0.15) is 30.3 Å². The second-order valence-electron chi connectivity index (χ2n) is 5.25. The second kappa shape index (κ2) is 7.61. The van der Waals surface area contributed by atoms with Gasteiger partial charge in [0.05, 0.1) is 5.56 Å². The molecule has 0 bridgehead atoms. The Hall–Kier alpha value is -2.16. The summed E-state index contributed by atoms with van der Waals surface area (Å²) in [6, 6.07) is 4.67. The minimum absolute atomic E-state index is 0.0191. The molecule has 2 N–H and O–H groups in total. The molecule has 1 amide bonds. The van der Waals surface area contributed by atoms with Crippen LogP contribution in [-0.2, 0) is 30.5 Å². The fourth-order valence-corrected chi connectivity index (χ4v) is 2.36. The van der Waals surface area contributed by atoms with E-state index in [1.165, 1.54) is 12.1 Å². The molecule has 1 aromatic heterocycles. The Kier molecular flexibility index (Phi) is 5.76. The number of amides is 1.